The van der Waals surface area contributed by atoms with E-state index in [0.29, 0.717) is 22.5 Å². The molecule has 7 nitrogen and oxygen atoms in total. The van der Waals surface area contributed by atoms with Crippen LogP contribution in [0.2, 0.25) is 0 Å². The van der Waals surface area contributed by atoms with Crippen molar-refractivity contribution in [2.24, 2.45) is 0 Å². The zero-order valence-electron chi connectivity index (χ0n) is 16.2. The number of anilines is 2. The largest absolute Gasteiger partial charge is 0.496 e. The number of aliphatic hydroxyl groups excluding tert-OH is 2. The fraction of sp³-hybridized carbons (Fsp3) is 0.368. The van der Waals surface area contributed by atoms with E-state index in [1.165, 1.54) is 12.1 Å². The fourth-order valence-electron chi connectivity index (χ4n) is 2.93. The molecule has 0 spiro atoms. The van der Waals surface area contributed by atoms with E-state index in [0.717, 1.165) is 13.2 Å². The molecule has 1 saturated carbocycles. The van der Waals surface area contributed by atoms with Crippen LogP contribution in [0.5, 0.6) is 5.75 Å². The first-order chi connectivity index (χ1) is 14.5. The second-order valence-electron chi connectivity index (χ2n) is 7.02. The van der Waals surface area contributed by atoms with Crippen LogP contribution in [0.15, 0.2) is 24.3 Å². The highest BCUT2D eigenvalue weighted by atomic mass is 127. The smallest absolute Gasteiger partial charge is 0.214 e. The lowest BCUT2D eigenvalue weighted by Crippen LogP contribution is -2.37. The number of nitrogens with one attached hydrogen (secondary N) is 2. The Balaban J connectivity index is 1.96. The molecule has 0 bridgehead atoms. The van der Waals surface area contributed by atoms with Gasteiger partial charge in [-0.25, -0.2) is 26.3 Å². The van der Waals surface area contributed by atoms with E-state index in [4.69, 9.17) is 4.74 Å². The minimum Gasteiger partial charge on any atom is -0.496 e. The molecule has 0 saturated heterocycles. The van der Waals surface area contributed by atoms with E-state index < -0.39 is 62.7 Å². The van der Waals surface area contributed by atoms with Crippen molar-refractivity contribution in [1.82, 2.24) is 4.72 Å². The van der Waals surface area contributed by atoms with E-state index in [1.807, 2.05) is 22.6 Å². The highest BCUT2D eigenvalue weighted by molar-refractivity contribution is 14.1. The zero-order valence-corrected chi connectivity index (χ0v) is 19.2. The topological polar surface area (TPSA) is 108 Å². The third-order valence-corrected chi connectivity index (χ3v) is 7.34. The van der Waals surface area contributed by atoms with Crippen molar-refractivity contribution in [2.75, 3.05) is 19.0 Å². The standard InChI is InChI=1S/C19H20F3IN2O5S/c1-30-15-7-12(21)17(22)18(25-13-5-2-9(23)6-11(13)20)16(15)19(27)14(26)8-24-31(28,29)10-3-4-10/h2,5-7,10,14,19,24-27H,3-4,8H2,1H3/t14-,19?/m0/s1. The molecule has 0 heterocycles. The van der Waals surface area contributed by atoms with Gasteiger partial charge in [0.05, 0.1) is 35.4 Å². The first-order valence-electron chi connectivity index (χ1n) is 9.17. The van der Waals surface area contributed by atoms with Gasteiger partial charge in [-0.05, 0) is 53.6 Å². The summed E-state index contributed by atoms with van der Waals surface area (Å²) in [7, 11) is -2.51. The SMILES string of the molecule is COc1cc(F)c(F)c(Nc2ccc(I)cc2F)c1C(O)[C@@H](O)CNS(=O)(=O)C1CC1. The first kappa shape index (κ1) is 24.0. The van der Waals surface area contributed by atoms with Crippen molar-refractivity contribution in [3.8, 4) is 5.75 Å². The summed E-state index contributed by atoms with van der Waals surface area (Å²) in [6.45, 7) is -0.570. The molecule has 1 aliphatic rings. The minimum atomic E-state index is -3.65. The van der Waals surface area contributed by atoms with Crippen LogP contribution in [0, 0.1) is 21.0 Å². The molecule has 0 amide bonds. The lowest BCUT2D eigenvalue weighted by atomic mass is 10.00. The summed E-state index contributed by atoms with van der Waals surface area (Å²) in [4.78, 5) is 0. The lowest BCUT2D eigenvalue weighted by Gasteiger charge is -2.24. The molecular formula is C19H20F3IN2O5S. The fourth-order valence-corrected chi connectivity index (χ4v) is 4.78. The number of halogens is 4. The van der Waals surface area contributed by atoms with Crippen molar-refractivity contribution >= 4 is 44.0 Å². The molecule has 0 aromatic heterocycles. The highest BCUT2D eigenvalue weighted by Gasteiger charge is 2.37. The maximum absolute atomic E-state index is 14.7. The molecule has 12 heteroatoms. The summed E-state index contributed by atoms with van der Waals surface area (Å²) in [5.74, 6) is -3.83. The van der Waals surface area contributed by atoms with Gasteiger partial charge in [0.15, 0.2) is 11.6 Å². The maximum atomic E-state index is 14.7. The Labute approximate surface area is 190 Å². The van der Waals surface area contributed by atoms with Gasteiger partial charge in [-0.3, -0.25) is 0 Å². The van der Waals surface area contributed by atoms with Gasteiger partial charge in [-0.2, -0.15) is 0 Å². The number of hydrogen-bond acceptors (Lipinski definition) is 6. The van der Waals surface area contributed by atoms with Gasteiger partial charge < -0.3 is 20.3 Å². The molecule has 31 heavy (non-hydrogen) atoms. The summed E-state index contributed by atoms with van der Waals surface area (Å²) in [6, 6.07) is 4.65. The van der Waals surface area contributed by atoms with Crippen LogP contribution in [-0.4, -0.2) is 43.6 Å². The number of methoxy groups -OCH3 is 1. The predicted molar refractivity (Wildman–Crippen MR) is 116 cm³/mol. The molecule has 2 aromatic carbocycles. The Kier molecular flexibility index (Phi) is 7.35. The van der Waals surface area contributed by atoms with Crippen molar-refractivity contribution in [2.45, 2.75) is 30.3 Å². The van der Waals surface area contributed by atoms with E-state index >= 15 is 0 Å². The van der Waals surface area contributed by atoms with Crippen LogP contribution >= 0.6 is 22.6 Å². The summed E-state index contributed by atoms with van der Waals surface area (Å²) in [5, 5.41) is 22.9. The molecule has 1 aliphatic carbocycles. The van der Waals surface area contributed by atoms with E-state index in [-0.39, 0.29) is 11.4 Å². The second kappa shape index (κ2) is 9.48. The number of aliphatic hydroxyl groups is 2. The molecule has 2 aromatic rings. The molecule has 3 rings (SSSR count). The van der Waals surface area contributed by atoms with Gasteiger partial charge >= 0.3 is 0 Å². The van der Waals surface area contributed by atoms with Crippen LogP contribution in [0.25, 0.3) is 0 Å². The Morgan fingerprint density at radius 2 is 1.87 bits per heavy atom. The average molecular weight is 572 g/mol. The Morgan fingerprint density at radius 1 is 1.19 bits per heavy atom. The zero-order chi connectivity index (χ0) is 22.9. The maximum Gasteiger partial charge on any atom is 0.214 e. The number of hydrogen-bond donors (Lipinski definition) is 4. The van der Waals surface area contributed by atoms with Crippen molar-refractivity contribution < 1.29 is 36.5 Å². The molecule has 1 fully saturated rings. The number of benzene rings is 2. The Morgan fingerprint density at radius 3 is 2.45 bits per heavy atom. The summed E-state index contributed by atoms with van der Waals surface area (Å²) in [5.41, 5.74) is -1.24. The summed E-state index contributed by atoms with van der Waals surface area (Å²) >= 11 is 1.88. The van der Waals surface area contributed by atoms with Crippen LogP contribution in [0.3, 0.4) is 0 Å². The third-order valence-electron chi connectivity index (χ3n) is 4.75. The number of ether oxygens (including phenoxy) is 1. The van der Waals surface area contributed by atoms with Crippen LogP contribution in [0.4, 0.5) is 24.5 Å². The predicted octanol–water partition coefficient (Wildman–Crippen LogP) is 2.94. The van der Waals surface area contributed by atoms with Crippen LogP contribution in [0.1, 0.15) is 24.5 Å². The van der Waals surface area contributed by atoms with Crippen molar-refractivity contribution in [3.63, 3.8) is 0 Å². The molecule has 0 radical (unpaired) electrons. The van der Waals surface area contributed by atoms with Crippen molar-refractivity contribution in [1.29, 1.82) is 0 Å². The quantitative estimate of drug-likeness (QED) is 0.345. The molecule has 1 unspecified atom stereocenters. The molecular weight excluding hydrogens is 552 g/mol. The Hall–Kier alpha value is -1.61. The van der Waals surface area contributed by atoms with Crippen molar-refractivity contribution in [3.05, 3.63) is 50.9 Å². The third kappa shape index (κ3) is 5.42. The summed E-state index contributed by atoms with van der Waals surface area (Å²) < 4.78 is 74.7. The number of rotatable bonds is 9. The monoisotopic (exact) mass is 572 g/mol. The average Bonchev–Trinajstić information content (AvgIpc) is 3.56. The van der Waals surface area contributed by atoms with Gasteiger partial charge in [0.25, 0.3) is 0 Å². The highest BCUT2D eigenvalue weighted by Crippen LogP contribution is 2.39. The number of sulfonamides is 1. The minimum absolute atomic E-state index is 0.204. The van der Waals surface area contributed by atoms with Gasteiger partial charge in [0.2, 0.25) is 10.0 Å². The first-order valence-corrected chi connectivity index (χ1v) is 11.8. The van der Waals surface area contributed by atoms with Gasteiger partial charge in [0.1, 0.15) is 17.7 Å². The van der Waals surface area contributed by atoms with E-state index in [2.05, 4.69) is 10.0 Å². The van der Waals surface area contributed by atoms with Crippen LogP contribution < -0.4 is 14.8 Å². The molecule has 2 atom stereocenters. The normalized spacial score (nSPS) is 16.1. The Bertz CT molecular complexity index is 1080. The van der Waals surface area contributed by atoms with E-state index in [9.17, 15) is 31.8 Å². The molecule has 170 valence electrons. The van der Waals surface area contributed by atoms with E-state index in [1.54, 1.807) is 0 Å². The van der Waals surface area contributed by atoms with Gasteiger partial charge in [-0.15, -0.1) is 0 Å². The molecule has 0 aliphatic heterocycles. The van der Waals surface area contributed by atoms with Gasteiger partial charge in [-0.1, -0.05) is 0 Å². The molecule has 4 N–H and O–H groups in total. The van der Waals surface area contributed by atoms with Crippen LogP contribution in [-0.2, 0) is 10.0 Å². The summed E-state index contributed by atoms with van der Waals surface area (Å²) in [6.07, 6.45) is -2.61. The van der Waals surface area contributed by atoms with Gasteiger partial charge in [0, 0.05) is 16.2 Å². The lowest BCUT2D eigenvalue weighted by molar-refractivity contribution is 0.0210. The second-order valence-corrected chi connectivity index (χ2v) is 10.3.